The molecule has 0 atom stereocenters. The van der Waals surface area contributed by atoms with Gasteiger partial charge in [0.15, 0.2) is 0 Å². The van der Waals surface area contributed by atoms with Gasteiger partial charge in [-0.2, -0.15) is 0 Å². The maximum Gasteiger partial charge on any atom is 0.313 e. The molecule has 0 bridgehead atoms. The van der Waals surface area contributed by atoms with Crippen molar-refractivity contribution in [3.8, 4) is 0 Å². The van der Waals surface area contributed by atoms with Crippen molar-refractivity contribution in [1.29, 1.82) is 0 Å². The maximum absolute atomic E-state index is 12.4. The molecule has 0 aliphatic carbocycles. The SMILES string of the molecule is [CH2]CCC[N+](CC)(CC)C(=O)CCCCCCC. The molecular weight excluding hydrogens is 222 g/mol. The largest absolute Gasteiger partial charge is 0.313 e. The number of carbonyl (C=O) groups excluding carboxylic acids is 1. The smallest absolute Gasteiger partial charge is 0.261 e. The second kappa shape index (κ2) is 10.5. The van der Waals surface area contributed by atoms with Crippen molar-refractivity contribution >= 4 is 5.91 Å². The molecule has 1 radical (unpaired) electrons. The Hall–Kier alpha value is -0.370. The van der Waals surface area contributed by atoms with E-state index in [0.29, 0.717) is 10.4 Å². The molecule has 0 N–H and O–H groups in total. The summed E-state index contributed by atoms with van der Waals surface area (Å²) in [6, 6.07) is 0. The number of unbranched alkanes of at least 4 members (excludes halogenated alkanes) is 5. The van der Waals surface area contributed by atoms with E-state index in [9.17, 15) is 4.79 Å². The fourth-order valence-electron chi connectivity index (χ4n) is 2.55. The predicted molar refractivity (Wildman–Crippen MR) is 79.2 cm³/mol. The van der Waals surface area contributed by atoms with Gasteiger partial charge in [0, 0.05) is 0 Å². The van der Waals surface area contributed by atoms with Gasteiger partial charge in [0.05, 0.1) is 26.1 Å². The van der Waals surface area contributed by atoms with Gasteiger partial charge in [-0.25, -0.2) is 4.79 Å². The second-order valence-corrected chi connectivity index (χ2v) is 5.27. The first-order valence-corrected chi connectivity index (χ1v) is 7.85. The van der Waals surface area contributed by atoms with Crippen LogP contribution < -0.4 is 0 Å². The summed E-state index contributed by atoms with van der Waals surface area (Å²) in [7, 11) is 0. The molecule has 1 amide bonds. The van der Waals surface area contributed by atoms with Crippen LogP contribution in [0.2, 0.25) is 0 Å². The molecule has 0 rings (SSSR count). The Bertz CT molecular complexity index is 209. The first-order valence-electron chi connectivity index (χ1n) is 7.85. The molecule has 0 saturated carbocycles. The Morgan fingerprint density at radius 2 is 1.56 bits per heavy atom. The summed E-state index contributed by atoms with van der Waals surface area (Å²) in [5, 5.41) is 0. The normalized spacial score (nSPS) is 11.8. The molecule has 0 spiro atoms. The number of hydrogen-bond donors (Lipinski definition) is 0. The van der Waals surface area contributed by atoms with E-state index in [-0.39, 0.29) is 0 Å². The Kier molecular flexibility index (Phi) is 10.3. The van der Waals surface area contributed by atoms with E-state index >= 15 is 0 Å². The van der Waals surface area contributed by atoms with Crippen LogP contribution in [0.1, 0.15) is 72.1 Å². The summed E-state index contributed by atoms with van der Waals surface area (Å²) >= 11 is 0. The molecule has 0 aliphatic rings. The molecular formula is C16H33NO+. The summed E-state index contributed by atoms with van der Waals surface area (Å²) in [5.74, 6) is 0.449. The van der Waals surface area contributed by atoms with Crippen LogP contribution in [0.25, 0.3) is 0 Å². The first-order chi connectivity index (χ1) is 8.66. The van der Waals surface area contributed by atoms with Crippen LogP contribution >= 0.6 is 0 Å². The van der Waals surface area contributed by atoms with E-state index in [1.165, 1.54) is 25.7 Å². The van der Waals surface area contributed by atoms with Crippen molar-refractivity contribution in [1.82, 2.24) is 0 Å². The van der Waals surface area contributed by atoms with Gasteiger partial charge in [-0.05, 0) is 33.1 Å². The van der Waals surface area contributed by atoms with Crippen LogP contribution in [0.3, 0.4) is 0 Å². The summed E-state index contributed by atoms with van der Waals surface area (Å²) in [4.78, 5) is 12.4. The van der Waals surface area contributed by atoms with Crippen LogP contribution in [-0.4, -0.2) is 30.0 Å². The average Bonchev–Trinajstić information content (AvgIpc) is 2.40. The molecule has 0 fully saturated rings. The van der Waals surface area contributed by atoms with Gasteiger partial charge in [-0.3, -0.25) is 4.48 Å². The van der Waals surface area contributed by atoms with E-state index in [1.54, 1.807) is 0 Å². The van der Waals surface area contributed by atoms with Crippen LogP contribution in [0.4, 0.5) is 0 Å². The lowest BCUT2D eigenvalue weighted by Gasteiger charge is -2.34. The van der Waals surface area contributed by atoms with E-state index < -0.39 is 0 Å². The topological polar surface area (TPSA) is 17.1 Å². The van der Waals surface area contributed by atoms with Gasteiger partial charge in [-0.15, -0.1) is 0 Å². The third-order valence-electron chi connectivity index (χ3n) is 4.07. The van der Waals surface area contributed by atoms with Gasteiger partial charge >= 0.3 is 5.91 Å². The quantitative estimate of drug-likeness (QED) is 0.396. The highest BCUT2D eigenvalue weighted by Crippen LogP contribution is 2.15. The van der Waals surface area contributed by atoms with Crippen molar-refractivity contribution in [3.05, 3.63) is 6.92 Å². The molecule has 2 heteroatoms. The third-order valence-corrected chi connectivity index (χ3v) is 4.07. The lowest BCUT2D eigenvalue weighted by molar-refractivity contribution is -0.851. The lowest BCUT2D eigenvalue weighted by Crippen LogP contribution is -2.53. The number of amides is 1. The Labute approximate surface area is 114 Å². The highest BCUT2D eigenvalue weighted by Gasteiger charge is 2.31. The minimum Gasteiger partial charge on any atom is -0.261 e. The van der Waals surface area contributed by atoms with Gasteiger partial charge in [0.1, 0.15) is 0 Å². The minimum atomic E-state index is 0.449. The number of nitrogens with zero attached hydrogens (tertiary/aromatic N) is 1. The number of rotatable bonds is 11. The van der Waals surface area contributed by atoms with E-state index in [2.05, 4.69) is 27.7 Å². The van der Waals surface area contributed by atoms with Gasteiger partial charge in [0.2, 0.25) is 0 Å². The molecule has 0 aliphatic heterocycles. The number of hydrogen-bond acceptors (Lipinski definition) is 1. The standard InChI is InChI=1S/C16H33NO/c1-5-9-11-12-13-14-16(18)17(7-3,8-4)15-10-6-2/h2,5-15H2,1,3-4H3/q+1. The molecule has 0 aromatic heterocycles. The molecule has 2 nitrogen and oxygen atoms in total. The molecule has 0 heterocycles. The molecule has 107 valence electrons. The van der Waals surface area contributed by atoms with Crippen LogP contribution in [0.5, 0.6) is 0 Å². The fourth-order valence-corrected chi connectivity index (χ4v) is 2.55. The van der Waals surface area contributed by atoms with Gasteiger partial charge in [0.25, 0.3) is 0 Å². The Morgan fingerprint density at radius 3 is 2.06 bits per heavy atom. The minimum absolute atomic E-state index is 0.449. The predicted octanol–water partition coefficient (Wildman–Crippen LogP) is 4.34. The van der Waals surface area contributed by atoms with Crippen molar-refractivity contribution in [2.75, 3.05) is 19.6 Å². The van der Waals surface area contributed by atoms with E-state index in [1.807, 2.05) is 0 Å². The average molecular weight is 255 g/mol. The van der Waals surface area contributed by atoms with Crippen molar-refractivity contribution < 1.29 is 9.28 Å². The summed E-state index contributed by atoms with van der Waals surface area (Å²) < 4.78 is 0.670. The summed E-state index contributed by atoms with van der Waals surface area (Å²) in [6.45, 7) is 13.2. The van der Waals surface area contributed by atoms with Crippen molar-refractivity contribution in [3.63, 3.8) is 0 Å². The maximum atomic E-state index is 12.4. The van der Waals surface area contributed by atoms with Crippen LogP contribution in [0, 0.1) is 6.92 Å². The zero-order chi connectivity index (χ0) is 13.9. The zero-order valence-corrected chi connectivity index (χ0v) is 12.8. The monoisotopic (exact) mass is 255 g/mol. The highest BCUT2D eigenvalue weighted by molar-refractivity contribution is 5.68. The molecule has 18 heavy (non-hydrogen) atoms. The zero-order valence-electron chi connectivity index (χ0n) is 12.8. The molecule has 0 unspecified atom stereocenters. The number of quaternary nitrogens is 1. The Morgan fingerprint density at radius 1 is 0.944 bits per heavy atom. The molecule has 0 aromatic carbocycles. The fraction of sp³-hybridized carbons (Fsp3) is 0.875. The molecule has 0 aromatic rings. The highest BCUT2D eigenvalue weighted by atomic mass is 16.2. The van der Waals surface area contributed by atoms with Crippen LogP contribution in [-0.2, 0) is 4.79 Å². The number of carbonyl (C=O) groups is 1. The van der Waals surface area contributed by atoms with Crippen LogP contribution in [0.15, 0.2) is 0 Å². The van der Waals surface area contributed by atoms with Crippen molar-refractivity contribution in [2.45, 2.75) is 72.1 Å². The Balaban J connectivity index is 4.13. The van der Waals surface area contributed by atoms with Gasteiger partial charge < -0.3 is 0 Å². The van der Waals surface area contributed by atoms with E-state index in [4.69, 9.17) is 0 Å². The van der Waals surface area contributed by atoms with E-state index in [0.717, 1.165) is 45.3 Å². The molecule has 0 saturated heterocycles. The summed E-state index contributed by atoms with van der Waals surface area (Å²) in [6.07, 6.45) is 8.89. The second-order valence-electron chi connectivity index (χ2n) is 5.27. The lowest BCUT2D eigenvalue weighted by atomic mass is 10.1. The van der Waals surface area contributed by atoms with Crippen molar-refractivity contribution in [2.24, 2.45) is 0 Å². The summed E-state index contributed by atoms with van der Waals surface area (Å²) in [5.41, 5.74) is 0. The third kappa shape index (κ3) is 5.99. The van der Waals surface area contributed by atoms with Gasteiger partial charge in [-0.1, -0.05) is 39.5 Å². The first kappa shape index (κ1) is 17.6.